The van der Waals surface area contributed by atoms with Crippen molar-refractivity contribution < 1.29 is 9.53 Å². The van der Waals surface area contributed by atoms with Gasteiger partial charge in [-0.1, -0.05) is 19.3 Å². The van der Waals surface area contributed by atoms with E-state index in [0.717, 1.165) is 31.6 Å². The molecule has 6 nitrogen and oxygen atoms in total. The van der Waals surface area contributed by atoms with Crippen molar-refractivity contribution in [1.82, 2.24) is 14.9 Å². The van der Waals surface area contributed by atoms with Gasteiger partial charge in [-0.25, -0.2) is 0 Å². The smallest absolute Gasteiger partial charge is 0.234 e. The van der Waals surface area contributed by atoms with Crippen LogP contribution >= 0.6 is 0 Å². The van der Waals surface area contributed by atoms with Crippen LogP contribution in [-0.4, -0.2) is 54.1 Å². The highest BCUT2D eigenvalue weighted by Gasteiger charge is 2.32. The number of carbonyl (C=O) groups is 1. The van der Waals surface area contributed by atoms with Crippen molar-refractivity contribution in [3.05, 3.63) is 12.4 Å². The van der Waals surface area contributed by atoms with Gasteiger partial charge in [-0.3, -0.25) is 9.78 Å². The molecular weight excluding hydrogens is 292 g/mol. The Hall–Kier alpha value is -1.85. The van der Waals surface area contributed by atoms with Gasteiger partial charge in [-0.15, -0.1) is 0 Å². The molecule has 0 bridgehead atoms. The maximum atomic E-state index is 12.6. The second-order valence-corrected chi connectivity index (χ2v) is 6.76. The molecule has 2 aliphatic rings. The van der Waals surface area contributed by atoms with Crippen LogP contribution in [0.1, 0.15) is 38.5 Å². The number of carbonyl (C=O) groups excluding carboxylic acids is 1. The zero-order chi connectivity index (χ0) is 16.2. The minimum atomic E-state index is 0.0225. The van der Waals surface area contributed by atoms with E-state index in [1.54, 1.807) is 12.4 Å². The van der Waals surface area contributed by atoms with Gasteiger partial charge >= 0.3 is 0 Å². The van der Waals surface area contributed by atoms with Crippen molar-refractivity contribution in [2.45, 2.75) is 44.6 Å². The SMILES string of the molecule is CN(C)c1cncc(OC2CCN(C(=O)C3CCCCC3)C2)n1. The summed E-state index contributed by atoms with van der Waals surface area (Å²) < 4.78 is 5.94. The van der Waals surface area contributed by atoms with E-state index in [4.69, 9.17) is 4.74 Å². The third-order valence-corrected chi connectivity index (χ3v) is 4.76. The highest BCUT2D eigenvalue weighted by molar-refractivity contribution is 5.79. The van der Waals surface area contributed by atoms with Gasteiger partial charge in [0.05, 0.1) is 18.9 Å². The van der Waals surface area contributed by atoms with Crippen molar-refractivity contribution >= 4 is 11.7 Å². The van der Waals surface area contributed by atoms with Gasteiger partial charge in [0.15, 0.2) is 5.82 Å². The first-order valence-electron chi connectivity index (χ1n) is 8.58. The fourth-order valence-corrected chi connectivity index (χ4v) is 3.41. The van der Waals surface area contributed by atoms with Crippen LogP contribution in [0.4, 0.5) is 5.82 Å². The monoisotopic (exact) mass is 318 g/mol. The van der Waals surface area contributed by atoms with Gasteiger partial charge < -0.3 is 14.5 Å². The van der Waals surface area contributed by atoms with Crippen LogP contribution in [0, 0.1) is 5.92 Å². The molecule has 1 aromatic rings. The molecule has 1 saturated carbocycles. The zero-order valence-corrected chi connectivity index (χ0v) is 14.1. The zero-order valence-electron chi connectivity index (χ0n) is 14.1. The third-order valence-electron chi connectivity index (χ3n) is 4.76. The molecule has 1 aliphatic carbocycles. The van der Waals surface area contributed by atoms with Gasteiger partial charge in [0.2, 0.25) is 11.8 Å². The van der Waals surface area contributed by atoms with Crippen LogP contribution in [0.15, 0.2) is 12.4 Å². The molecule has 0 radical (unpaired) electrons. The predicted octanol–water partition coefficient (Wildman–Crippen LogP) is 2.10. The number of nitrogens with zero attached hydrogens (tertiary/aromatic N) is 4. The summed E-state index contributed by atoms with van der Waals surface area (Å²) in [6.45, 7) is 1.46. The van der Waals surface area contributed by atoms with Crippen molar-refractivity contribution in [2.24, 2.45) is 5.92 Å². The minimum Gasteiger partial charge on any atom is -0.471 e. The lowest BCUT2D eigenvalue weighted by Crippen LogP contribution is -2.36. The number of anilines is 1. The highest BCUT2D eigenvalue weighted by Crippen LogP contribution is 2.27. The van der Waals surface area contributed by atoms with E-state index in [1.165, 1.54) is 19.3 Å². The normalized spacial score (nSPS) is 22.2. The Labute approximate surface area is 137 Å². The molecule has 126 valence electrons. The molecule has 1 saturated heterocycles. The van der Waals surface area contributed by atoms with E-state index >= 15 is 0 Å². The second kappa shape index (κ2) is 7.15. The summed E-state index contributed by atoms with van der Waals surface area (Å²) in [6, 6.07) is 0. The Bertz CT molecular complexity index is 543. The second-order valence-electron chi connectivity index (χ2n) is 6.76. The van der Waals surface area contributed by atoms with Crippen molar-refractivity contribution in [1.29, 1.82) is 0 Å². The number of hydrogen-bond donors (Lipinski definition) is 0. The fourth-order valence-electron chi connectivity index (χ4n) is 3.41. The molecule has 2 fully saturated rings. The minimum absolute atomic E-state index is 0.0225. The van der Waals surface area contributed by atoms with Crippen molar-refractivity contribution in [3.63, 3.8) is 0 Å². The molecule has 0 spiro atoms. The summed E-state index contributed by atoms with van der Waals surface area (Å²) >= 11 is 0. The first kappa shape index (κ1) is 16.0. The van der Waals surface area contributed by atoms with Gasteiger partial charge in [0, 0.05) is 33.0 Å². The molecule has 2 heterocycles. The summed E-state index contributed by atoms with van der Waals surface area (Å²) in [6.07, 6.45) is 10.00. The Balaban J connectivity index is 1.55. The van der Waals surface area contributed by atoms with Gasteiger partial charge in [0.1, 0.15) is 6.10 Å². The Morgan fingerprint density at radius 1 is 1.22 bits per heavy atom. The van der Waals surface area contributed by atoms with E-state index in [2.05, 4.69) is 9.97 Å². The van der Waals surface area contributed by atoms with Crippen LogP contribution in [0.25, 0.3) is 0 Å². The number of hydrogen-bond acceptors (Lipinski definition) is 5. The standard InChI is InChI=1S/C17H26N4O2/c1-20(2)15-10-18-11-16(19-15)23-14-8-9-21(12-14)17(22)13-6-4-3-5-7-13/h10-11,13-14H,3-9,12H2,1-2H3. The van der Waals surface area contributed by atoms with Gasteiger partial charge in [0.25, 0.3) is 0 Å². The van der Waals surface area contributed by atoms with Crippen LogP contribution in [0.3, 0.4) is 0 Å². The lowest BCUT2D eigenvalue weighted by molar-refractivity contribution is -0.135. The van der Waals surface area contributed by atoms with Crippen LogP contribution in [0.5, 0.6) is 5.88 Å². The summed E-state index contributed by atoms with van der Waals surface area (Å²) in [7, 11) is 3.85. The molecule has 0 aromatic carbocycles. The Morgan fingerprint density at radius 3 is 2.74 bits per heavy atom. The van der Waals surface area contributed by atoms with E-state index in [0.29, 0.717) is 18.3 Å². The van der Waals surface area contributed by atoms with Crippen LogP contribution in [-0.2, 0) is 4.79 Å². The molecule has 1 aromatic heterocycles. The van der Waals surface area contributed by atoms with Crippen LogP contribution in [0.2, 0.25) is 0 Å². The average Bonchev–Trinajstić information content (AvgIpc) is 3.03. The van der Waals surface area contributed by atoms with Crippen molar-refractivity contribution in [3.8, 4) is 5.88 Å². The Morgan fingerprint density at radius 2 is 2.00 bits per heavy atom. The molecule has 3 rings (SSSR count). The quantitative estimate of drug-likeness (QED) is 0.851. The fraction of sp³-hybridized carbons (Fsp3) is 0.706. The average molecular weight is 318 g/mol. The van der Waals surface area contributed by atoms with Gasteiger partial charge in [-0.05, 0) is 12.8 Å². The Kier molecular flexibility index (Phi) is 4.98. The number of ether oxygens (including phenoxy) is 1. The molecule has 6 heteroatoms. The lowest BCUT2D eigenvalue weighted by Gasteiger charge is -2.26. The lowest BCUT2D eigenvalue weighted by atomic mass is 9.88. The molecule has 1 aliphatic heterocycles. The highest BCUT2D eigenvalue weighted by atomic mass is 16.5. The van der Waals surface area contributed by atoms with E-state index in [1.807, 2.05) is 23.9 Å². The van der Waals surface area contributed by atoms with Gasteiger partial charge in [-0.2, -0.15) is 4.98 Å². The molecule has 23 heavy (non-hydrogen) atoms. The molecule has 0 N–H and O–H groups in total. The van der Waals surface area contributed by atoms with E-state index in [-0.39, 0.29) is 12.0 Å². The number of rotatable bonds is 4. The molecule has 1 amide bonds. The largest absolute Gasteiger partial charge is 0.471 e. The maximum Gasteiger partial charge on any atom is 0.234 e. The molecule has 1 atom stereocenters. The first-order chi connectivity index (χ1) is 11.1. The number of likely N-dealkylation sites (tertiary alicyclic amines) is 1. The summed E-state index contributed by atoms with van der Waals surface area (Å²) in [5.41, 5.74) is 0. The molecular formula is C17H26N4O2. The third kappa shape index (κ3) is 3.92. The molecule has 1 unspecified atom stereocenters. The van der Waals surface area contributed by atoms with Crippen molar-refractivity contribution in [2.75, 3.05) is 32.1 Å². The topological polar surface area (TPSA) is 58.6 Å². The van der Waals surface area contributed by atoms with Crippen LogP contribution < -0.4 is 9.64 Å². The number of aromatic nitrogens is 2. The summed E-state index contributed by atoms with van der Waals surface area (Å²) in [5, 5.41) is 0. The maximum absolute atomic E-state index is 12.6. The summed E-state index contributed by atoms with van der Waals surface area (Å²) in [4.78, 5) is 25.0. The first-order valence-corrected chi connectivity index (χ1v) is 8.58. The number of amides is 1. The summed E-state index contributed by atoms with van der Waals surface area (Å²) in [5.74, 6) is 1.87. The predicted molar refractivity (Wildman–Crippen MR) is 88.5 cm³/mol. The van der Waals surface area contributed by atoms with E-state index < -0.39 is 0 Å². The van der Waals surface area contributed by atoms with E-state index in [9.17, 15) is 4.79 Å².